The van der Waals surface area contributed by atoms with Gasteiger partial charge < -0.3 is 4.74 Å². The summed E-state index contributed by atoms with van der Waals surface area (Å²) >= 11 is 0. The summed E-state index contributed by atoms with van der Waals surface area (Å²) in [6.07, 6.45) is 6.66. The maximum absolute atomic E-state index is 10.1. The van der Waals surface area contributed by atoms with E-state index in [1.54, 1.807) is 6.08 Å². The second-order valence-electron chi connectivity index (χ2n) is 3.04. The Bertz CT molecular complexity index is 208. The van der Waals surface area contributed by atoms with Gasteiger partial charge >= 0.3 is 0 Å². The molecule has 0 aromatic carbocycles. The van der Waals surface area contributed by atoms with E-state index in [9.17, 15) is 4.79 Å². The first-order valence-corrected chi connectivity index (χ1v) is 4.19. The Kier molecular flexibility index (Phi) is 3.74. The molecule has 0 N–H and O–H groups in total. The van der Waals surface area contributed by atoms with Crippen LogP contribution in [0.2, 0.25) is 0 Å². The Balaban J connectivity index is 2.16. The second-order valence-corrected chi connectivity index (χ2v) is 3.04. The smallest absolute Gasteiger partial charge is 0.142 e. The lowest BCUT2D eigenvalue weighted by atomic mass is 10.1. The number of rotatable bonds is 4. The van der Waals surface area contributed by atoms with E-state index in [4.69, 9.17) is 4.74 Å². The van der Waals surface area contributed by atoms with Crippen LogP contribution in [-0.2, 0) is 9.53 Å². The predicted molar refractivity (Wildman–Crippen MR) is 48.0 cm³/mol. The molecule has 2 heteroatoms. The van der Waals surface area contributed by atoms with Crippen LogP contribution in [0.15, 0.2) is 23.3 Å². The first kappa shape index (κ1) is 9.20. The number of allylic oxidation sites excluding steroid dienone is 3. The topological polar surface area (TPSA) is 26.3 Å². The maximum Gasteiger partial charge on any atom is 0.142 e. The van der Waals surface area contributed by atoms with Crippen molar-refractivity contribution in [3.05, 3.63) is 23.3 Å². The normalized spacial score (nSPS) is 17.1. The maximum atomic E-state index is 10.1. The first-order chi connectivity index (χ1) is 5.83. The highest BCUT2D eigenvalue weighted by Crippen LogP contribution is 2.11. The SMILES string of the molecule is C/C(=C\C=O)CCC=C1COC1. The second kappa shape index (κ2) is 4.88. The molecule has 0 bridgehead atoms. The Labute approximate surface area is 72.9 Å². The molecule has 0 saturated carbocycles. The summed E-state index contributed by atoms with van der Waals surface area (Å²) in [6.45, 7) is 3.58. The third kappa shape index (κ3) is 3.01. The van der Waals surface area contributed by atoms with E-state index in [1.165, 1.54) is 5.57 Å². The van der Waals surface area contributed by atoms with Gasteiger partial charge in [-0.1, -0.05) is 11.6 Å². The average molecular weight is 166 g/mol. The van der Waals surface area contributed by atoms with E-state index in [2.05, 4.69) is 6.08 Å². The fourth-order valence-corrected chi connectivity index (χ4v) is 1.04. The number of hydrogen-bond acceptors (Lipinski definition) is 2. The lowest BCUT2D eigenvalue weighted by Crippen LogP contribution is -2.15. The van der Waals surface area contributed by atoms with Crippen molar-refractivity contribution in [1.29, 1.82) is 0 Å². The molecule has 1 saturated heterocycles. The quantitative estimate of drug-likeness (QED) is 0.362. The zero-order chi connectivity index (χ0) is 8.81. The van der Waals surface area contributed by atoms with Gasteiger partial charge in [-0.25, -0.2) is 0 Å². The molecule has 0 radical (unpaired) electrons. The minimum Gasteiger partial charge on any atom is -0.373 e. The molecule has 1 rings (SSSR count). The largest absolute Gasteiger partial charge is 0.373 e. The number of aldehydes is 1. The number of ether oxygens (including phenoxy) is 1. The number of carbonyl (C=O) groups excluding carboxylic acids is 1. The van der Waals surface area contributed by atoms with Gasteiger partial charge in [0.15, 0.2) is 0 Å². The van der Waals surface area contributed by atoms with Gasteiger partial charge in [0.05, 0.1) is 13.2 Å². The van der Waals surface area contributed by atoms with E-state index in [0.29, 0.717) is 0 Å². The zero-order valence-corrected chi connectivity index (χ0v) is 7.38. The van der Waals surface area contributed by atoms with Gasteiger partial charge in [0, 0.05) is 0 Å². The standard InChI is InChI=1S/C10H14O2/c1-9(5-6-11)3-2-4-10-7-12-8-10/h4-6H,2-3,7-8H2,1H3/b9-5+. The summed E-state index contributed by atoms with van der Waals surface area (Å²) < 4.78 is 5.00. The van der Waals surface area contributed by atoms with Gasteiger partial charge in [-0.2, -0.15) is 0 Å². The molecular weight excluding hydrogens is 152 g/mol. The van der Waals surface area contributed by atoms with Crippen molar-refractivity contribution in [2.75, 3.05) is 13.2 Å². The van der Waals surface area contributed by atoms with Crippen LogP contribution in [0.3, 0.4) is 0 Å². The van der Waals surface area contributed by atoms with E-state index in [1.807, 2.05) is 6.92 Å². The van der Waals surface area contributed by atoms with Crippen molar-refractivity contribution in [3.8, 4) is 0 Å². The van der Waals surface area contributed by atoms with Gasteiger partial charge in [-0.15, -0.1) is 0 Å². The van der Waals surface area contributed by atoms with E-state index in [0.717, 1.165) is 37.9 Å². The Morgan fingerprint density at radius 2 is 2.33 bits per heavy atom. The van der Waals surface area contributed by atoms with Crippen LogP contribution in [0.25, 0.3) is 0 Å². The monoisotopic (exact) mass is 166 g/mol. The first-order valence-electron chi connectivity index (χ1n) is 4.19. The van der Waals surface area contributed by atoms with Crippen molar-refractivity contribution in [3.63, 3.8) is 0 Å². The molecule has 1 fully saturated rings. The van der Waals surface area contributed by atoms with Crippen LogP contribution in [0.5, 0.6) is 0 Å². The van der Waals surface area contributed by atoms with Crippen molar-refractivity contribution in [1.82, 2.24) is 0 Å². The van der Waals surface area contributed by atoms with Gasteiger partial charge in [-0.3, -0.25) is 4.79 Å². The van der Waals surface area contributed by atoms with Crippen molar-refractivity contribution in [2.45, 2.75) is 19.8 Å². The van der Waals surface area contributed by atoms with Crippen molar-refractivity contribution in [2.24, 2.45) is 0 Å². The molecule has 0 atom stereocenters. The van der Waals surface area contributed by atoms with Crippen LogP contribution in [0.4, 0.5) is 0 Å². The molecule has 1 heterocycles. The molecule has 0 aromatic rings. The summed E-state index contributed by atoms with van der Waals surface area (Å²) in [5.41, 5.74) is 2.52. The lowest BCUT2D eigenvalue weighted by molar-refractivity contribution is -0.104. The third-order valence-electron chi connectivity index (χ3n) is 1.90. The van der Waals surface area contributed by atoms with Crippen LogP contribution in [0.1, 0.15) is 19.8 Å². The van der Waals surface area contributed by atoms with E-state index >= 15 is 0 Å². The van der Waals surface area contributed by atoms with Crippen molar-refractivity contribution >= 4 is 6.29 Å². The van der Waals surface area contributed by atoms with Gasteiger partial charge in [0.2, 0.25) is 0 Å². The van der Waals surface area contributed by atoms with Gasteiger partial charge in [0.1, 0.15) is 6.29 Å². The lowest BCUT2D eigenvalue weighted by Gasteiger charge is -2.17. The fraction of sp³-hybridized carbons (Fsp3) is 0.500. The third-order valence-corrected chi connectivity index (χ3v) is 1.90. The van der Waals surface area contributed by atoms with Crippen LogP contribution < -0.4 is 0 Å². The Hall–Kier alpha value is -0.890. The van der Waals surface area contributed by atoms with E-state index in [-0.39, 0.29) is 0 Å². The molecule has 66 valence electrons. The zero-order valence-electron chi connectivity index (χ0n) is 7.38. The molecule has 0 spiro atoms. The number of carbonyl (C=O) groups is 1. The summed E-state index contributed by atoms with van der Waals surface area (Å²) in [6, 6.07) is 0. The molecule has 0 aliphatic carbocycles. The minimum absolute atomic E-state index is 0.802. The summed E-state index contributed by atoms with van der Waals surface area (Å²) in [7, 11) is 0. The summed E-state index contributed by atoms with van der Waals surface area (Å²) in [4.78, 5) is 10.1. The molecule has 1 aliphatic rings. The van der Waals surface area contributed by atoms with E-state index < -0.39 is 0 Å². The van der Waals surface area contributed by atoms with Crippen LogP contribution >= 0.6 is 0 Å². The molecule has 12 heavy (non-hydrogen) atoms. The fourth-order valence-electron chi connectivity index (χ4n) is 1.04. The molecule has 2 nitrogen and oxygen atoms in total. The van der Waals surface area contributed by atoms with Gasteiger partial charge in [-0.05, 0) is 31.4 Å². The highest BCUT2D eigenvalue weighted by Gasteiger charge is 2.06. The van der Waals surface area contributed by atoms with Crippen LogP contribution in [0, 0.1) is 0 Å². The van der Waals surface area contributed by atoms with Gasteiger partial charge in [0.25, 0.3) is 0 Å². The number of hydrogen-bond donors (Lipinski definition) is 0. The van der Waals surface area contributed by atoms with Crippen molar-refractivity contribution < 1.29 is 9.53 Å². The molecule has 0 unspecified atom stereocenters. The minimum atomic E-state index is 0.802. The molecule has 0 aromatic heterocycles. The summed E-state index contributed by atoms with van der Waals surface area (Å²) in [5.74, 6) is 0. The molecule has 1 aliphatic heterocycles. The highest BCUT2D eigenvalue weighted by molar-refractivity contribution is 5.65. The Morgan fingerprint density at radius 3 is 2.83 bits per heavy atom. The highest BCUT2D eigenvalue weighted by atomic mass is 16.5. The Morgan fingerprint density at radius 1 is 1.58 bits per heavy atom. The van der Waals surface area contributed by atoms with Crippen LogP contribution in [-0.4, -0.2) is 19.5 Å². The average Bonchev–Trinajstić information content (AvgIpc) is 1.95. The molecular formula is C10H14O2. The predicted octanol–water partition coefficient (Wildman–Crippen LogP) is 1.87. The summed E-state index contributed by atoms with van der Waals surface area (Å²) in [5, 5.41) is 0. The molecule has 0 amide bonds.